The summed E-state index contributed by atoms with van der Waals surface area (Å²) in [5, 5.41) is 9.10. The van der Waals surface area contributed by atoms with Crippen molar-refractivity contribution in [3.05, 3.63) is 79.8 Å². The molecule has 0 aliphatic carbocycles. The molecule has 9 nitrogen and oxygen atoms in total. The molecule has 2 aromatic carbocycles. The van der Waals surface area contributed by atoms with Crippen LogP contribution in [-0.2, 0) is 6.54 Å². The van der Waals surface area contributed by atoms with Crippen LogP contribution in [0.25, 0.3) is 11.2 Å². The van der Waals surface area contributed by atoms with E-state index >= 15 is 0 Å². The Kier molecular flexibility index (Phi) is 6.44. The number of carbonyl (C=O) groups excluding carboxylic acids is 1. The lowest BCUT2D eigenvalue weighted by Gasteiger charge is -2.31. The molecule has 2 aromatic heterocycles. The number of aromatic amines is 1. The van der Waals surface area contributed by atoms with Crippen LogP contribution in [0.3, 0.4) is 0 Å². The first-order valence-corrected chi connectivity index (χ1v) is 11.9. The number of nitrogens with zero attached hydrogens (tertiary/aromatic N) is 5. The minimum atomic E-state index is -0.353. The normalized spacial score (nSPS) is 14.4. The predicted octanol–water partition coefficient (Wildman–Crippen LogP) is 3.90. The lowest BCUT2D eigenvalue weighted by atomic mass is 9.95. The molecule has 0 radical (unpaired) electrons. The van der Waals surface area contributed by atoms with Gasteiger partial charge in [0.2, 0.25) is 0 Å². The highest BCUT2D eigenvalue weighted by molar-refractivity contribution is 6.36. The van der Waals surface area contributed by atoms with Gasteiger partial charge in [0.25, 0.3) is 11.5 Å². The van der Waals surface area contributed by atoms with Gasteiger partial charge in [0, 0.05) is 34.6 Å². The number of hydrogen-bond donors (Lipinski definition) is 1. The number of aromatic nitrogens is 5. The van der Waals surface area contributed by atoms with Crippen LogP contribution in [0.1, 0.15) is 40.5 Å². The Morgan fingerprint density at radius 3 is 2.54 bits per heavy atom. The molecule has 5 rings (SSSR count). The number of rotatable bonds is 5. The molecule has 35 heavy (non-hydrogen) atoms. The van der Waals surface area contributed by atoms with Gasteiger partial charge in [-0.05, 0) is 37.1 Å². The highest BCUT2D eigenvalue weighted by atomic mass is 35.5. The third-order valence-corrected chi connectivity index (χ3v) is 6.98. The van der Waals surface area contributed by atoms with Gasteiger partial charge in [-0.25, -0.2) is 9.67 Å². The number of methoxy groups -OCH3 is 1. The van der Waals surface area contributed by atoms with Crippen LogP contribution in [0, 0.1) is 0 Å². The summed E-state index contributed by atoms with van der Waals surface area (Å²) in [5.41, 5.74) is 1.38. The fraction of sp³-hybridized carbons (Fsp3) is 0.292. The second kappa shape index (κ2) is 9.67. The number of hydrogen-bond acceptors (Lipinski definition) is 6. The Hall–Kier alpha value is -3.43. The SMILES string of the molecule is COc1ccccc1C(=O)N1CCC(c2nc3c(nnn3Cc3c(Cl)cccc3Cl)c(=O)[nH]2)CC1. The molecule has 1 N–H and O–H groups in total. The number of halogens is 2. The lowest BCUT2D eigenvalue weighted by molar-refractivity contribution is 0.0707. The summed E-state index contributed by atoms with van der Waals surface area (Å²) in [4.78, 5) is 35.1. The molecule has 11 heteroatoms. The van der Waals surface area contributed by atoms with Crippen molar-refractivity contribution in [1.82, 2.24) is 29.9 Å². The summed E-state index contributed by atoms with van der Waals surface area (Å²) >= 11 is 12.6. The Morgan fingerprint density at radius 1 is 1.11 bits per heavy atom. The molecule has 0 spiro atoms. The van der Waals surface area contributed by atoms with E-state index < -0.39 is 0 Å². The molecule has 1 saturated heterocycles. The minimum Gasteiger partial charge on any atom is -0.496 e. The quantitative estimate of drug-likeness (QED) is 0.434. The fourth-order valence-corrected chi connectivity index (χ4v) is 4.88. The summed E-state index contributed by atoms with van der Waals surface area (Å²) in [5.74, 6) is 1.02. The molecular formula is C24H22Cl2N6O3. The molecule has 0 unspecified atom stereocenters. The first kappa shape index (κ1) is 23.3. The number of likely N-dealkylation sites (tertiary alicyclic amines) is 1. The number of piperidine rings is 1. The zero-order valence-corrected chi connectivity index (χ0v) is 20.4. The van der Waals surface area contributed by atoms with Crippen LogP contribution in [0.4, 0.5) is 0 Å². The first-order chi connectivity index (χ1) is 17.0. The fourth-order valence-electron chi connectivity index (χ4n) is 4.36. The van der Waals surface area contributed by atoms with Gasteiger partial charge in [0.15, 0.2) is 11.2 Å². The number of para-hydroxylation sites is 1. The van der Waals surface area contributed by atoms with E-state index in [1.54, 1.807) is 42.3 Å². The van der Waals surface area contributed by atoms with Crippen molar-refractivity contribution in [1.29, 1.82) is 0 Å². The first-order valence-electron chi connectivity index (χ1n) is 11.1. The van der Waals surface area contributed by atoms with E-state index in [2.05, 4.69) is 15.3 Å². The standard InChI is InChI=1S/C24H22Cl2N6O3/c1-35-19-8-3-2-5-15(19)24(34)31-11-9-14(10-12-31)21-27-22-20(23(33)28-21)29-30-32(22)13-16-17(25)6-4-7-18(16)26/h2-8,14H,9-13H2,1H3,(H,27,28,33). The van der Waals surface area contributed by atoms with Gasteiger partial charge >= 0.3 is 0 Å². The topological polar surface area (TPSA) is 106 Å². The number of fused-ring (bicyclic) bond motifs is 1. The summed E-state index contributed by atoms with van der Waals surface area (Å²) in [6, 6.07) is 12.4. The van der Waals surface area contributed by atoms with Gasteiger partial charge in [-0.2, -0.15) is 0 Å². The van der Waals surface area contributed by atoms with Crippen LogP contribution < -0.4 is 10.3 Å². The van der Waals surface area contributed by atoms with E-state index in [1.807, 2.05) is 12.1 Å². The van der Waals surface area contributed by atoms with Crippen molar-refractivity contribution < 1.29 is 9.53 Å². The smallest absolute Gasteiger partial charge is 0.281 e. The molecule has 0 saturated carbocycles. The molecule has 0 atom stereocenters. The van der Waals surface area contributed by atoms with Gasteiger partial charge in [-0.1, -0.05) is 46.6 Å². The largest absolute Gasteiger partial charge is 0.496 e. The maximum absolute atomic E-state index is 13.0. The number of benzene rings is 2. The van der Waals surface area contributed by atoms with E-state index in [1.165, 1.54) is 4.68 Å². The minimum absolute atomic E-state index is 0.0129. The summed E-state index contributed by atoms with van der Waals surface area (Å²) < 4.78 is 6.86. The highest BCUT2D eigenvalue weighted by Crippen LogP contribution is 2.29. The molecule has 0 bridgehead atoms. The van der Waals surface area contributed by atoms with Crippen molar-refractivity contribution in [2.24, 2.45) is 0 Å². The number of amides is 1. The zero-order valence-electron chi connectivity index (χ0n) is 18.9. The Morgan fingerprint density at radius 2 is 1.83 bits per heavy atom. The van der Waals surface area contributed by atoms with E-state index in [0.29, 0.717) is 64.3 Å². The Bertz CT molecular complexity index is 1440. The second-order valence-electron chi connectivity index (χ2n) is 8.34. The highest BCUT2D eigenvalue weighted by Gasteiger charge is 2.28. The van der Waals surface area contributed by atoms with Crippen molar-refractivity contribution in [2.75, 3.05) is 20.2 Å². The molecule has 4 aromatic rings. The van der Waals surface area contributed by atoms with Gasteiger partial charge in [-0.15, -0.1) is 5.10 Å². The zero-order chi connectivity index (χ0) is 24.5. The van der Waals surface area contributed by atoms with Crippen LogP contribution in [0.15, 0.2) is 47.3 Å². The molecule has 1 amide bonds. The van der Waals surface area contributed by atoms with Crippen LogP contribution in [-0.4, -0.2) is 56.0 Å². The van der Waals surface area contributed by atoms with E-state index in [9.17, 15) is 9.59 Å². The second-order valence-corrected chi connectivity index (χ2v) is 9.15. The van der Waals surface area contributed by atoms with Crippen molar-refractivity contribution in [2.45, 2.75) is 25.3 Å². The maximum atomic E-state index is 13.0. The predicted molar refractivity (Wildman–Crippen MR) is 132 cm³/mol. The van der Waals surface area contributed by atoms with Gasteiger partial charge in [0.1, 0.15) is 11.6 Å². The van der Waals surface area contributed by atoms with Gasteiger partial charge < -0.3 is 14.6 Å². The Labute approximate surface area is 210 Å². The maximum Gasteiger partial charge on any atom is 0.281 e. The summed E-state index contributed by atoms with van der Waals surface area (Å²) in [6.45, 7) is 1.31. The number of ether oxygens (including phenoxy) is 1. The lowest BCUT2D eigenvalue weighted by Crippen LogP contribution is -2.38. The average molecular weight is 513 g/mol. The van der Waals surface area contributed by atoms with Gasteiger partial charge in [0.05, 0.1) is 19.2 Å². The van der Waals surface area contributed by atoms with E-state index in [4.69, 9.17) is 32.9 Å². The van der Waals surface area contributed by atoms with Gasteiger partial charge in [-0.3, -0.25) is 9.59 Å². The summed E-state index contributed by atoms with van der Waals surface area (Å²) in [6.07, 6.45) is 1.32. The van der Waals surface area contributed by atoms with Crippen molar-refractivity contribution >= 4 is 40.3 Å². The molecule has 1 aliphatic heterocycles. The third kappa shape index (κ3) is 4.49. The van der Waals surface area contributed by atoms with Crippen LogP contribution in [0.2, 0.25) is 10.0 Å². The van der Waals surface area contributed by atoms with E-state index in [-0.39, 0.29) is 29.4 Å². The molecular weight excluding hydrogens is 491 g/mol. The molecule has 3 heterocycles. The summed E-state index contributed by atoms with van der Waals surface area (Å²) in [7, 11) is 1.55. The average Bonchev–Trinajstić information content (AvgIpc) is 3.29. The number of H-pyrrole nitrogens is 1. The molecule has 1 fully saturated rings. The van der Waals surface area contributed by atoms with Crippen LogP contribution in [0.5, 0.6) is 5.75 Å². The molecule has 180 valence electrons. The molecule has 1 aliphatic rings. The van der Waals surface area contributed by atoms with Crippen molar-refractivity contribution in [3.8, 4) is 5.75 Å². The van der Waals surface area contributed by atoms with Crippen molar-refractivity contribution in [3.63, 3.8) is 0 Å². The van der Waals surface area contributed by atoms with E-state index in [0.717, 1.165) is 0 Å². The number of carbonyl (C=O) groups is 1. The number of nitrogens with one attached hydrogen (secondary N) is 1. The monoisotopic (exact) mass is 512 g/mol. The van der Waals surface area contributed by atoms with Crippen LogP contribution >= 0.6 is 23.2 Å². The Balaban J connectivity index is 1.37. The third-order valence-electron chi connectivity index (χ3n) is 6.27.